The zero-order valence-corrected chi connectivity index (χ0v) is 26.2. The van der Waals surface area contributed by atoms with E-state index in [0.717, 1.165) is 22.7 Å². The lowest BCUT2D eigenvalue weighted by atomic mass is 10.1. The number of hydrogen-bond acceptors (Lipinski definition) is 7. The van der Waals surface area contributed by atoms with Gasteiger partial charge in [-0.25, -0.2) is 8.42 Å². The van der Waals surface area contributed by atoms with Gasteiger partial charge in [0.25, 0.3) is 10.0 Å². The van der Waals surface area contributed by atoms with Gasteiger partial charge in [0, 0.05) is 19.2 Å². The zero-order chi connectivity index (χ0) is 31.4. The molecule has 0 aliphatic rings. The van der Waals surface area contributed by atoms with Gasteiger partial charge in [-0.3, -0.25) is 13.9 Å². The summed E-state index contributed by atoms with van der Waals surface area (Å²) in [6, 6.07) is 18.9. The molecule has 43 heavy (non-hydrogen) atoms. The number of ether oxygens (including phenoxy) is 3. The average Bonchev–Trinajstić information content (AvgIpc) is 3.03. The average molecular weight is 612 g/mol. The van der Waals surface area contributed by atoms with E-state index < -0.39 is 28.5 Å². The molecule has 3 aromatic rings. The first kappa shape index (κ1) is 33.3. The fourth-order valence-corrected chi connectivity index (χ4v) is 6.02. The first-order valence-electron chi connectivity index (χ1n) is 14.2. The molecule has 0 fully saturated rings. The van der Waals surface area contributed by atoms with E-state index in [0.29, 0.717) is 24.5 Å². The lowest BCUT2D eigenvalue weighted by Gasteiger charge is -2.33. The Morgan fingerprint density at radius 1 is 0.860 bits per heavy atom. The van der Waals surface area contributed by atoms with Gasteiger partial charge >= 0.3 is 0 Å². The highest BCUT2D eigenvalue weighted by Gasteiger charge is 2.35. The highest BCUT2D eigenvalue weighted by Crippen LogP contribution is 2.36. The van der Waals surface area contributed by atoms with E-state index >= 15 is 0 Å². The number of benzene rings is 3. The van der Waals surface area contributed by atoms with Gasteiger partial charge in [-0.15, -0.1) is 0 Å². The number of hydrogen-bond donors (Lipinski definition) is 1. The molecule has 0 spiro atoms. The van der Waals surface area contributed by atoms with Gasteiger partial charge in [-0.05, 0) is 54.8 Å². The topological polar surface area (TPSA) is 114 Å². The SMILES string of the molecule is CCCCNC(=O)[C@H](CC)N(Cc1ccc(OC)cc1)C(=O)CN(c1cc(OC)ccc1OC)S(=O)(=O)c1ccccc1. The van der Waals surface area contributed by atoms with Gasteiger partial charge in [0.05, 0.1) is 31.9 Å². The molecule has 10 nitrogen and oxygen atoms in total. The van der Waals surface area contributed by atoms with Crippen molar-refractivity contribution in [3.63, 3.8) is 0 Å². The number of sulfonamides is 1. The fraction of sp³-hybridized carbons (Fsp3) is 0.375. The summed E-state index contributed by atoms with van der Waals surface area (Å²) in [7, 11) is 0.189. The Balaban J connectivity index is 2.10. The van der Waals surface area contributed by atoms with E-state index in [-0.39, 0.29) is 28.8 Å². The predicted octanol–water partition coefficient (Wildman–Crippen LogP) is 4.63. The summed E-state index contributed by atoms with van der Waals surface area (Å²) < 4.78 is 45.4. The summed E-state index contributed by atoms with van der Waals surface area (Å²) in [6.07, 6.45) is 2.03. The van der Waals surface area contributed by atoms with Crippen molar-refractivity contribution in [3.8, 4) is 17.2 Å². The van der Waals surface area contributed by atoms with E-state index in [2.05, 4.69) is 5.32 Å². The largest absolute Gasteiger partial charge is 0.497 e. The summed E-state index contributed by atoms with van der Waals surface area (Å²) in [4.78, 5) is 29.0. The molecule has 0 saturated heterocycles. The molecular formula is C32H41N3O7S. The maximum atomic E-state index is 14.3. The van der Waals surface area contributed by atoms with Crippen LogP contribution in [-0.2, 0) is 26.2 Å². The molecule has 232 valence electrons. The van der Waals surface area contributed by atoms with E-state index in [1.807, 2.05) is 26.0 Å². The second-order valence-electron chi connectivity index (χ2n) is 9.80. The predicted molar refractivity (Wildman–Crippen MR) is 166 cm³/mol. The Bertz CT molecular complexity index is 1450. The van der Waals surface area contributed by atoms with E-state index in [4.69, 9.17) is 14.2 Å². The van der Waals surface area contributed by atoms with Crippen LogP contribution in [0.3, 0.4) is 0 Å². The van der Waals surface area contributed by atoms with Gasteiger partial charge in [0.1, 0.15) is 29.8 Å². The van der Waals surface area contributed by atoms with Crippen LogP contribution in [0.4, 0.5) is 5.69 Å². The molecule has 3 rings (SSSR count). The van der Waals surface area contributed by atoms with E-state index in [1.165, 1.54) is 37.3 Å². The van der Waals surface area contributed by atoms with Crippen LogP contribution in [0.5, 0.6) is 17.2 Å². The summed E-state index contributed by atoms with van der Waals surface area (Å²) in [5.41, 5.74) is 0.884. The molecular weight excluding hydrogens is 570 g/mol. The third-order valence-corrected chi connectivity index (χ3v) is 8.77. The number of nitrogens with one attached hydrogen (secondary N) is 1. The molecule has 1 atom stereocenters. The lowest BCUT2D eigenvalue weighted by molar-refractivity contribution is -0.140. The molecule has 11 heteroatoms. The molecule has 0 bridgehead atoms. The van der Waals surface area contributed by atoms with Crippen LogP contribution < -0.4 is 23.8 Å². The minimum atomic E-state index is -4.26. The van der Waals surface area contributed by atoms with Crippen molar-refractivity contribution in [1.82, 2.24) is 10.2 Å². The van der Waals surface area contributed by atoms with Crippen molar-refractivity contribution in [3.05, 3.63) is 78.4 Å². The lowest BCUT2D eigenvalue weighted by Crippen LogP contribution is -2.52. The monoisotopic (exact) mass is 611 g/mol. The normalized spacial score (nSPS) is 11.7. The number of unbranched alkanes of at least 4 members (excludes halogenated alkanes) is 1. The molecule has 1 N–H and O–H groups in total. The molecule has 0 aliphatic carbocycles. The quantitative estimate of drug-likeness (QED) is 0.235. The summed E-state index contributed by atoms with van der Waals surface area (Å²) in [6.45, 7) is 3.82. The highest BCUT2D eigenvalue weighted by atomic mass is 32.2. The van der Waals surface area contributed by atoms with Crippen LogP contribution >= 0.6 is 0 Å². The Kier molecular flexibility index (Phi) is 12.2. The number of nitrogens with zero attached hydrogens (tertiary/aromatic N) is 2. The number of rotatable bonds is 16. The second-order valence-corrected chi connectivity index (χ2v) is 11.7. The highest BCUT2D eigenvalue weighted by molar-refractivity contribution is 7.92. The number of methoxy groups -OCH3 is 3. The first-order chi connectivity index (χ1) is 20.7. The summed E-state index contributed by atoms with van der Waals surface area (Å²) in [5, 5.41) is 2.93. The number of carbonyl (C=O) groups excluding carboxylic acids is 2. The van der Waals surface area contributed by atoms with Gasteiger partial charge < -0.3 is 24.4 Å². The van der Waals surface area contributed by atoms with Crippen molar-refractivity contribution in [2.45, 2.75) is 50.6 Å². The standard InChI is InChI=1S/C32H41N3O7S/c1-6-8-20-33-32(37)28(7-2)34(22-24-14-16-25(40-3)17-15-24)31(36)23-35(43(38,39)27-12-10-9-11-13-27)29-21-26(41-4)18-19-30(29)42-5/h9-19,21,28H,6-8,20,22-23H2,1-5H3,(H,33,37)/t28-/m0/s1. The van der Waals surface area contributed by atoms with Crippen LogP contribution in [0.15, 0.2) is 77.7 Å². The van der Waals surface area contributed by atoms with Crippen molar-refractivity contribution in [1.29, 1.82) is 0 Å². The minimum Gasteiger partial charge on any atom is -0.497 e. The van der Waals surface area contributed by atoms with Crippen LogP contribution in [0.25, 0.3) is 0 Å². The first-order valence-corrected chi connectivity index (χ1v) is 15.6. The van der Waals surface area contributed by atoms with Crippen LogP contribution in [0, 0.1) is 0 Å². The Morgan fingerprint density at radius 3 is 2.09 bits per heavy atom. The maximum absolute atomic E-state index is 14.3. The molecule has 0 radical (unpaired) electrons. The van der Waals surface area contributed by atoms with Crippen molar-refractivity contribution < 1.29 is 32.2 Å². The number of anilines is 1. The van der Waals surface area contributed by atoms with Gasteiger partial charge in [0.2, 0.25) is 11.8 Å². The maximum Gasteiger partial charge on any atom is 0.264 e. The summed E-state index contributed by atoms with van der Waals surface area (Å²) in [5.74, 6) is 0.413. The molecule has 2 amide bonds. The molecule has 0 heterocycles. The van der Waals surface area contributed by atoms with Crippen LogP contribution in [0.1, 0.15) is 38.7 Å². The van der Waals surface area contributed by atoms with Gasteiger partial charge in [0.15, 0.2) is 0 Å². The number of amides is 2. The number of carbonyl (C=O) groups is 2. The molecule has 0 aliphatic heterocycles. The Labute approximate surface area is 254 Å². The second kappa shape index (κ2) is 15.8. The van der Waals surface area contributed by atoms with Crippen LogP contribution in [0.2, 0.25) is 0 Å². The zero-order valence-electron chi connectivity index (χ0n) is 25.4. The smallest absolute Gasteiger partial charge is 0.264 e. The molecule has 3 aromatic carbocycles. The summed E-state index contributed by atoms with van der Waals surface area (Å²) >= 11 is 0. The van der Waals surface area contributed by atoms with Crippen molar-refractivity contribution in [2.75, 3.05) is 38.7 Å². The van der Waals surface area contributed by atoms with E-state index in [9.17, 15) is 18.0 Å². The third-order valence-electron chi connectivity index (χ3n) is 6.99. The van der Waals surface area contributed by atoms with Gasteiger partial charge in [-0.1, -0.05) is 50.6 Å². The van der Waals surface area contributed by atoms with Crippen molar-refractivity contribution in [2.24, 2.45) is 0 Å². The molecule has 0 aromatic heterocycles. The molecule has 0 unspecified atom stereocenters. The van der Waals surface area contributed by atoms with E-state index in [1.54, 1.807) is 49.6 Å². The Morgan fingerprint density at radius 2 is 1.51 bits per heavy atom. The third kappa shape index (κ3) is 8.41. The fourth-order valence-electron chi connectivity index (χ4n) is 4.58. The van der Waals surface area contributed by atoms with Gasteiger partial charge in [-0.2, -0.15) is 0 Å². The Hall–Kier alpha value is -4.25. The van der Waals surface area contributed by atoms with Crippen molar-refractivity contribution >= 4 is 27.5 Å². The van der Waals surface area contributed by atoms with Crippen LogP contribution in [-0.4, -0.2) is 65.6 Å². The molecule has 0 saturated carbocycles. The minimum absolute atomic E-state index is 0.00118.